The van der Waals surface area contributed by atoms with E-state index in [9.17, 15) is 4.79 Å². The predicted octanol–water partition coefficient (Wildman–Crippen LogP) is 3.69. The minimum absolute atomic E-state index is 0.0333. The number of anilines is 1. The second-order valence-corrected chi connectivity index (χ2v) is 4.45. The first kappa shape index (κ1) is 13.1. The maximum Gasteiger partial charge on any atom is 0.277 e. The standard InChI is InChI=1S/C11H6Cl3N3O/c12-6-4-5-8(14)16-10(6)11(18)17-9-3-1-2-7(13)15-9/h1-5H,(H,15,17,18). The Kier molecular flexibility index (Phi) is 4.01. The number of amides is 1. The van der Waals surface area contributed by atoms with Crippen LogP contribution in [0, 0.1) is 0 Å². The Hall–Kier alpha value is -1.36. The summed E-state index contributed by atoms with van der Waals surface area (Å²) in [5, 5.41) is 3.19. The van der Waals surface area contributed by atoms with Gasteiger partial charge in [0.25, 0.3) is 5.91 Å². The van der Waals surface area contributed by atoms with E-state index in [1.165, 1.54) is 12.1 Å². The average molecular weight is 303 g/mol. The molecule has 1 amide bonds. The summed E-state index contributed by atoms with van der Waals surface area (Å²) in [6.07, 6.45) is 0. The number of hydrogen-bond acceptors (Lipinski definition) is 3. The van der Waals surface area contributed by atoms with E-state index in [2.05, 4.69) is 15.3 Å². The topological polar surface area (TPSA) is 54.9 Å². The quantitative estimate of drug-likeness (QED) is 0.861. The molecule has 18 heavy (non-hydrogen) atoms. The van der Waals surface area contributed by atoms with Crippen LogP contribution in [0.1, 0.15) is 10.5 Å². The van der Waals surface area contributed by atoms with Crippen LogP contribution in [0.25, 0.3) is 0 Å². The first-order valence-corrected chi connectivity index (χ1v) is 5.95. The lowest BCUT2D eigenvalue weighted by Gasteiger charge is -2.05. The van der Waals surface area contributed by atoms with Gasteiger partial charge in [-0.1, -0.05) is 40.9 Å². The third kappa shape index (κ3) is 3.10. The third-order valence-corrected chi connectivity index (χ3v) is 2.71. The molecular formula is C11H6Cl3N3O. The summed E-state index contributed by atoms with van der Waals surface area (Å²) in [4.78, 5) is 19.7. The number of hydrogen-bond donors (Lipinski definition) is 1. The molecular weight excluding hydrogens is 296 g/mol. The Balaban J connectivity index is 2.24. The molecule has 0 atom stereocenters. The van der Waals surface area contributed by atoms with Crippen LogP contribution >= 0.6 is 34.8 Å². The number of carbonyl (C=O) groups excluding carboxylic acids is 1. The number of halogens is 3. The lowest BCUT2D eigenvalue weighted by molar-refractivity contribution is 0.102. The molecule has 2 rings (SSSR count). The summed E-state index contributed by atoms with van der Waals surface area (Å²) in [7, 11) is 0. The van der Waals surface area contributed by atoms with Gasteiger partial charge < -0.3 is 5.32 Å². The van der Waals surface area contributed by atoms with Crippen molar-refractivity contribution in [3.05, 3.63) is 51.4 Å². The zero-order chi connectivity index (χ0) is 13.1. The van der Waals surface area contributed by atoms with Gasteiger partial charge in [-0.25, -0.2) is 9.97 Å². The SMILES string of the molecule is O=C(Nc1cccc(Cl)n1)c1nc(Cl)ccc1Cl. The maximum absolute atomic E-state index is 11.9. The van der Waals surface area contributed by atoms with Gasteiger partial charge in [0.05, 0.1) is 5.02 Å². The zero-order valence-corrected chi connectivity index (χ0v) is 11.1. The predicted molar refractivity (Wildman–Crippen MR) is 71.5 cm³/mol. The van der Waals surface area contributed by atoms with Gasteiger partial charge in [0.1, 0.15) is 21.8 Å². The van der Waals surface area contributed by atoms with Crippen molar-refractivity contribution in [1.82, 2.24) is 9.97 Å². The third-order valence-electron chi connectivity index (χ3n) is 1.98. The first-order valence-electron chi connectivity index (χ1n) is 4.82. The number of nitrogens with zero attached hydrogens (tertiary/aromatic N) is 2. The van der Waals surface area contributed by atoms with E-state index in [0.29, 0.717) is 5.82 Å². The van der Waals surface area contributed by atoms with E-state index >= 15 is 0 Å². The van der Waals surface area contributed by atoms with Crippen molar-refractivity contribution in [2.45, 2.75) is 0 Å². The second kappa shape index (κ2) is 5.52. The van der Waals surface area contributed by atoms with Crippen molar-refractivity contribution in [3.8, 4) is 0 Å². The van der Waals surface area contributed by atoms with Crippen molar-refractivity contribution in [1.29, 1.82) is 0 Å². The van der Waals surface area contributed by atoms with E-state index in [1.807, 2.05) is 0 Å². The molecule has 0 spiro atoms. The Bertz CT molecular complexity index is 604. The van der Waals surface area contributed by atoms with Crippen molar-refractivity contribution in [2.24, 2.45) is 0 Å². The first-order chi connectivity index (χ1) is 8.56. The molecule has 0 radical (unpaired) electrons. The van der Waals surface area contributed by atoms with Crippen LogP contribution in [0.4, 0.5) is 5.82 Å². The summed E-state index contributed by atoms with van der Waals surface area (Å²) in [5.74, 6) is -0.192. The molecule has 0 aromatic carbocycles. The Morgan fingerprint density at radius 1 is 1.00 bits per heavy atom. The molecule has 0 aliphatic rings. The molecule has 7 heteroatoms. The number of pyridine rings is 2. The fourth-order valence-electron chi connectivity index (χ4n) is 1.23. The van der Waals surface area contributed by atoms with Crippen LogP contribution in [-0.2, 0) is 0 Å². The fourth-order valence-corrected chi connectivity index (χ4v) is 1.73. The lowest BCUT2D eigenvalue weighted by Crippen LogP contribution is -2.15. The normalized spacial score (nSPS) is 10.2. The molecule has 0 unspecified atom stereocenters. The van der Waals surface area contributed by atoms with Gasteiger partial charge in [-0.15, -0.1) is 0 Å². The molecule has 4 nitrogen and oxygen atoms in total. The van der Waals surface area contributed by atoms with Gasteiger partial charge in [-0.3, -0.25) is 4.79 Å². The van der Waals surface area contributed by atoms with E-state index in [1.54, 1.807) is 18.2 Å². The molecule has 2 aromatic rings. The van der Waals surface area contributed by atoms with Crippen molar-refractivity contribution in [2.75, 3.05) is 5.32 Å². The molecule has 2 aromatic heterocycles. The molecule has 92 valence electrons. The van der Waals surface area contributed by atoms with Crippen molar-refractivity contribution >= 4 is 46.5 Å². The van der Waals surface area contributed by atoms with Gasteiger partial charge in [0.15, 0.2) is 0 Å². The molecule has 0 saturated carbocycles. The number of nitrogens with one attached hydrogen (secondary N) is 1. The minimum atomic E-state index is -0.503. The Morgan fingerprint density at radius 3 is 2.44 bits per heavy atom. The van der Waals surface area contributed by atoms with Gasteiger partial charge in [-0.2, -0.15) is 0 Å². The van der Waals surface area contributed by atoms with Gasteiger partial charge >= 0.3 is 0 Å². The number of carbonyl (C=O) groups is 1. The zero-order valence-electron chi connectivity index (χ0n) is 8.82. The van der Waals surface area contributed by atoms with E-state index in [4.69, 9.17) is 34.8 Å². The molecule has 2 heterocycles. The Labute approximate surface area is 118 Å². The highest BCUT2D eigenvalue weighted by Crippen LogP contribution is 2.18. The second-order valence-electron chi connectivity index (χ2n) is 3.26. The lowest BCUT2D eigenvalue weighted by atomic mass is 10.3. The minimum Gasteiger partial charge on any atom is -0.305 e. The molecule has 1 N–H and O–H groups in total. The van der Waals surface area contributed by atoms with Crippen molar-refractivity contribution < 1.29 is 4.79 Å². The van der Waals surface area contributed by atoms with Crippen molar-refractivity contribution in [3.63, 3.8) is 0 Å². The fraction of sp³-hybridized carbons (Fsp3) is 0. The summed E-state index contributed by atoms with van der Waals surface area (Å²) < 4.78 is 0. The van der Waals surface area contributed by atoms with Crippen LogP contribution in [0.3, 0.4) is 0 Å². The monoisotopic (exact) mass is 301 g/mol. The maximum atomic E-state index is 11.9. The van der Waals surface area contributed by atoms with Crippen LogP contribution in [0.5, 0.6) is 0 Å². The van der Waals surface area contributed by atoms with E-state index < -0.39 is 5.91 Å². The highest BCUT2D eigenvalue weighted by atomic mass is 35.5. The molecule has 0 bridgehead atoms. The average Bonchev–Trinajstić information content (AvgIpc) is 2.32. The van der Waals surface area contributed by atoms with Gasteiger partial charge in [0, 0.05) is 0 Å². The van der Waals surface area contributed by atoms with E-state index in [0.717, 1.165) is 0 Å². The smallest absolute Gasteiger partial charge is 0.277 e. The summed E-state index contributed by atoms with van der Waals surface area (Å²) in [6, 6.07) is 7.86. The molecule has 0 fully saturated rings. The largest absolute Gasteiger partial charge is 0.305 e. The Morgan fingerprint density at radius 2 is 1.72 bits per heavy atom. The number of rotatable bonds is 2. The van der Waals surface area contributed by atoms with Crippen LogP contribution in [0.2, 0.25) is 15.3 Å². The number of aromatic nitrogens is 2. The highest BCUT2D eigenvalue weighted by molar-refractivity contribution is 6.35. The summed E-state index contributed by atoms with van der Waals surface area (Å²) in [6.45, 7) is 0. The van der Waals surface area contributed by atoms with E-state index in [-0.39, 0.29) is 21.0 Å². The van der Waals surface area contributed by atoms with Crippen LogP contribution < -0.4 is 5.32 Å². The van der Waals surface area contributed by atoms with Crippen LogP contribution in [-0.4, -0.2) is 15.9 Å². The van der Waals surface area contributed by atoms with Gasteiger partial charge in [0.2, 0.25) is 0 Å². The highest BCUT2D eigenvalue weighted by Gasteiger charge is 2.13. The summed E-state index contributed by atoms with van der Waals surface area (Å²) >= 11 is 17.3. The van der Waals surface area contributed by atoms with Gasteiger partial charge in [-0.05, 0) is 24.3 Å². The molecule has 0 saturated heterocycles. The molecule has 0 aliphatic carbocycles. The molecule has 0 aliphatic heterocycles. The van der Waals surface area contributed by atoms with Crippen LogP contribution in [0.15, 0.2) is 30.3 Å². The summed E-state index contributed by atoms with van der Waals surface area (Å²) in [5.41, 5.74) is 0.0333.